The van der Waals surface area contributed by atoms with Crippen molar-refractivity contribution >= 4 is 11.8 Å². The topological polar surface area (TPSA) is 67.7 Å². The SMILES string of the molecule is COCC(=O)N(C)[C@H](Cc1ccc(F)cc1)C1CCN(C(=O)c2ccccc2-n2cccn2)CC1. The molecule has 184 valence electrons. The smallest absolute Gasteiger partial charge is 0.256 e. The summed E-state index contributed by atoms with van der Waals surface area (Å²) in [5, 5.41) is 4.28. The van der Waals surface area contributed by atoms with Gasteiger partial charge in [-0.05, 0) is 61.1 Å². The Labute approximate surface area is 205 Å². The number of halogens is 1. The van der Waals surface area contributed by atoms with Crippen molar-refractivity contribution in [2.24, 2.45) is 5.92 Å². The summed E-state index contributed by atoms with van der Waals surface area (Å²) in [5.41, 5.74) is 2.34. The molecule has 1 aromatic heterocycles. The number of aromatic nitrogens is 2. The molecule has 1 aliphatic heterocycles. The molecule has 2 heterocycles. The van der Waals surface area contributed by atoms with Crippen LogP contribution in [0.25, 0.3) is 5.69 Å². The summed E-state index contributed by atoms with van der Waals surface area (Å²) in [4.78, 5) is 29.7. The number of carbonyl (C=O) groups is 2. The highest BCUT2D eigenvalue weighted by molar-refractivity contribution is 5.97. The molecule has 3 aromatic rings. The van der Waals surface area contributed by atoms with Gasteiger partial charge in [-0.3, -0.25) is 9.59 Å². The van der Waals surface area contributed by atoms with Crippen LogP contribution < -0.4 is 0 Å². The van der Waals surface area contributed by atoms with Crippen LogP contribution in [0.5, 0.6) is 0 Å². The molecule has 0 N–H and O–H groups in total. The molecular formula is C27H31FN4O3. The van der Waals surface area contributed by atoms with Crippen LogP contribution >= 0.6 is 0 Å². The van der Waals surface area contributed by atoms with E-state index in [1.165, 1.54) is 19.2 Å². The summed E-state index contributed by atoms with van der Waals surface area (Å²) >= 11 is 0. The number of hydrogen-bond donors (Lipinski definition) is 0. The van der Waals surface area contributed by atoms with E-state index in [1.807, 2.05) is 41.4 Å². The van der Waals surface area contributed by atoms with Gasteiger partial charge in [0, 0.05) is 45.7 Å². The van der Waals surface area contributed by atoms with Crippen LogP contribution in [0.15, 0.2) is 67.0 Å². The number of benzene rings is 2. The van der Waals surface area contributed by atoms with Crippen molar-refractivity contribution in [3.63, 3.8) is 0 Å². The first kappa shape index (κ1) is 24.6. The number of para-hydroxylation sites is 1. The van der Waals surface area contributed by atoms with Crippen LogP contribution in [-0.4, -0.2) is 71.3 Å². The van der Waals surface area contributed by atoms with E-state index < -0.39 is 0 Å². The Morgan fingerprint density at radius 2 is 1.83 bits per heavy atom. The monoisotopic (exact) mass is 478 g/mol. The number of methoxy groups -OCH3 is 1. The number of piperidine rings is 1. The van der Waals surface area contributed by atoms with Gasteiger partial charge in [0.2, 0.25) is 5.91 Å². The zero-order valence-corrected chi connectivity index (χ0v) is 20.1. The van der Waals surface area contributed by atoms with Gasteiger partial charge in [-0.15, -0.1) is 0 Å². The zero-order valence-electron chi connectivity index (χ0n) is 20.1. The second kappa shape index (κ2) is 11.3. The van der Waals surface area contributed by atoms with Gasteiger partial charge >= 0.3 is 0 Å². The summed E-state index contributed by atoms with van der Waals surface area (Å²) in [6.07, 6.45) is 5.67. The number of amides is 2. The van der Waals surface area contributed by atoms with E-state index in [4.69, 9.17) is 4.74 Å². The molecule has 2 aromatic carbocycles. The van der Waals surface area contributed by atoms with Crippen LogP contribution in [0.3, 0.4) is 0 Å². The predicted molar refractivity (Wildman–Crippen MR) is 131 cm³/mol. The van der Waals surface area contributed by atoms with Gasteiger partial charge < -0.3 is 14.5 Å². The van der Waals surface area contributed by atoms with Gasteiger partial charge in [0.1, 0.15) is 12.4 Å². The molecule has 1 atom stereocenters. The lowest BCUT2D eigenvalue weighted by Gasteiger charge is -2.40. The molecule has 0 aliphatic carbocycles. The molecule has 35 heavy (non-hydrogen) atoms. The maximum absolute atomic E-state index is 13.4. The Kier molecular flexibility index (Phi) is 7.92. The molecule has 0 unspecified atom stereocenters. The third-order valence-corrected chi connectivity index (χ3v) is 6.77. The van der Waals surface area contributed by atoms with Gasteiger partial charge in [-0.2, -0.15) is 5.10 Å². The van der Waals surface area contributed by atoms with Crippen molar-refractivity contribution in [2.75, 3.05) is 33.9 Å². The minimum Gasteiger partial charge on any atom is -0.375 e. The van der Waals surface area contributed by atoms with E-state index in [9.17, 15) is 14.0 Å². The Hall–Kier alpha value is -3.52. The van der Waals surface area contributed by atoms with Gasteiger partial charge in [0.05, 0.1) is 11.3 Å². The van der Waals surface area contributed by atoms with Crippen molar-refractivity contribution in [3.05, 3.63) is 83.9 Å². The molecule has 1 aliphatic rings. The highest BCUT2D eigenvalue weighted by Crippen LogP contribution is 2.28. The summed E-state index contributed by atoms with van der Waals surface area (Å²) in [5.74, 6) is -0.188. The number of likely N-dealkylation sites (N-methyl/N-ethyl adjacent to an activating group) is 1. The van der Waals surface area contributed by atoms with E-state index >= 15 is 0 Å². The number of rotatable bonds is 8. The fourth-order valence-corrected chi connectivity index (χ4v) is 4.82. The van der Waals surface area contributed by atoms with Crippen LogP contribution in [0, 0.1) is 11.7 Å². The van der Waals surface area contributed by atoms with Crippen LogP contribution in [0.1, 0.15) is 28.8 Å². The van der Waals surface area contributed by atoms with Crippen molar-refractivity contribution in [1.82, 2.24) is 19.6 Å². The average Bonchev–Trinajstić information content (AvgIpc) is 3.43. The first-order valence-electron chi connectivity index (χ1n) is 11.8. The summed E-state index contributed by atoms with van der Waals surface area (Å²) < 4.78 is 20.2. The average molecular weight is 479 g/mol. The fraction of sp³-hybridized carbons (Fsp3) is 0.370. The van der Waals surface area contributed by atoms with E-state index in [0.29, 0.717) is 25.1 Å². The molecule has 8 heteroatoms. The quantitative estimate of drug-likeness (QED) is 0.496. The number of likely N-dealkylation sites (tertiary alicyclic amines) is 1. The minimum absolute atomic E-state index is 0.0119. The normalized spacial score (nSPS) is 15.1. The van der Waals surface area contributed by atoms with E-state index in [2.05, 4.69) is 5.10 Å². The predicted octanol–water partition coefficient (Wildman–Crippen LogP) is 3.58. The summed E-state index contributed by atoms with van der Waals surface area (Å²) in [6.45, 7) is 1.21. The number of hydrogen-bond acceptors (Lipinski definition) is 4. The van der Waals surface area contributed by atoms with E-state index in [0.717, 1.165) is 24.1 Å². The maximum atomic E-state index is 13.4. The Morgan fingerprint density at radius 3 is 2.49 bits per heavy atom. The third-order valence-electron chi connectivity index (χ3n) is 6.77. The molecule has 1 fully saturated rings. The molecule has 7 nitrogen and oxygen atoms in total. The van der Waals surface area contributed by atoms with E-state index in [-0.39, 0.29) is 36.2 Å². The fourth-order valence-electron chi connectivity index (χ4n) is 4.82. The molecule has 4 rings (SSSR count). The zero-order chi connectivity index (χ0) is 24.8. The van der Waals surface area contributed by atoms with Crippen LogP contribution in [0.4, 0.5) is 4.39 Å². The van der Waals surface area contributed by atoms with Gasteiger partial charge in [-0.1, -0.05) is 24.3 Å². The molecule has 0 radical (unpaired) electrons. The second-order valence-corrected chi connectivity index (χ2v) is 8.93. The number of ether oxygens (including phenoxy) is 1. The largest absolute Gasteiger partial charge is 0.375 e. The Bertz CT molecular complexity index is 1130. The summed E-state index contributed by atoms with van der Waals surface area (Å²) in [6, 6.07) is 15.7. The van der Waals surface area contributed by atoms with Crippen LogP contribution in [-0.2, 0) is 16.0 Å². The summed E-state index contributed by atoms with van der Waals surface area (Å²) in [7, 11) is 3.30. The lowest BCUT2D eigenvalue weighted by atomic mass is 9.84. The molecule has 2 amide bonds. The van der Waals surface area contributed by atoms with Crippen molar-refractivity contribution in [1.29, 1.82) is 0 Å². The van der Waals surface area contributed by atoms with Crippen LogP contribution in [0.2, 0.25) is 0 Å². The highest BCUT2D eigenvalue weighted by atomic mass is 19.1. The Balaban J connectivity index is 1.48. The number of carbonyl (C=O) groups excluding carboxylic acids is 2. The minimum atomic E-state index is -0.281. The molecule has 1 saturated heterocycles. The Morgan fingerprint density at radius 1 is 1.11 bits per heavy atom. The lowest BCUT2D eigenvalue weighted by Crippen LogP contribution is -2.49. The maximum Gasteiger partial charge on any atom is 0.256 e. The second-order valence-electron chi connectivity index (χ2n) is 8.93. The molecule has 0 saturated carbocycles. The first-order valence-corrected chi connectivity index (χ1v) is 11.8. The van der Waals surface area contributed by atoms with Gasteiger partial charge in [0.25, 0.3) is 5.91 Å². The lowest BCUT2D eigenvalue weighted by molar-refractivity contribution is -0.137. The van der Waals surface area contributed by atoms with Gasteiger partial charge in [-0.25, -0.2) is 9.07 Å². The van der Waals surface area contributed by atoms with Crippen molar-refractivity contribution in [2.45, 2.75) is 25.3 Å². The van der Waals surface area contributed by atoms with Crippen molar-refractivity contribution in [3.8, 4) is 5.69 Å². The molecular weight excluding hydrogens is 447 g/mol. The first-order chi connectivity index (χ1) is 17.0. The van der Waals surface area contributed by atoms with Crippen molar-refractivity contribution < 1.29 is 18.7 Å². The standard InChI is InChI=1S/C27H31FN4O3/c1-30(26(33)19-35-2)25(18-20-8-10-22(28)11-9-20)21-12-16-31(17-13-21)27(34)23-6-3-4-7-24(23)32-15-5-14-29-32/h3-11,14-15,21,25H,12-13,16-19H2,1-2H3/t25-/m1/s1. The number of nitrogens with zero attached hydrogens (tertiary/aromatic N) is 4. The third kappa shape index (κ3) is 5.77. The molecule has 0 spiro atoms. The highest BCUT2D eigenvalue weighted by Gasteiger charge is 2.33. The van der Waals surface area contributed by atoms with E-state index in [1.54, 1.807) is 35.0 Å². The molecule has 0 bridgehead atoms. The van der Waals surface area contributed by atoms with Gasteiger partial charge in [0.15, 0.2) is 0 Å².